The SMILES string of the molecule is CCCCCCCCCCCCC(=O)NN=Cc1ccncc1. The van der Waals surface area contributed by atoms with Crippen LogP contribution >= 0.6 is 0 Å². The standard InChI is InChI=1S/C19H31N3O/c1-2-3-4-5-6-7-8-9-10-11-12-19(23)22-21-17-18-13-15-20-16-14-18/h13-17H,2-12H2,1H3,(H,22,23). The second kappa shape index (κ2) is 13.9. The number of amides is 1. The third-order valence-electron chi connectivity index (χ3n) is 3.87. The van der Waals surface area contributed by atoms with Crippen molar-refractivity contribution >= 4 is 12.1 Å². The maximum absolute atomic E-state index is 11.6. The van der Waals surface area contributed by atoms with E-state index in [9.17, 15) is 4.79 Å². The van der Waals surface area contributed by atoms with Crippen molar-refractivity contribution in [2.45, 2.75) is 77.6 Å². The number of hydrazone groups is 1. The fraction of sp³-hybridized carbons (Fsp3) is 0.632. The molecule has 0 saturated heterocycles. The molecule has 1 heterocycles. The number of unbranched alkanes of at least 4 members (excludes halogenated alkanes) is 9. The Morgan fingerprint density at radius 1 is 1.00 bits per heavy atom. The van der Waals surface area contributed by atoms with Crippen LogP contribution in [0.1, 0.15) is 83.1 Å². The molecule has 4 nitrogen and oxygen atoms in total. The third kappa shape index (κ3) is 11.5. The van der Waals surface area contributed by atoms with E-state index >= 15 is 0 Å². The topological polar surface area (TPSA) is 54.4 Å². The minimum Gasteiger partial charge on any atom is -0.273 e. The molecule has 23 heavy (non-hydrogen) atoms. The van der Waals surface area contributed by atoms with Crippen molar-refractivity contribution < 1.29 is 4.79 Å². The van der Waals surface area contributed by atoms with Crippen LogP contribution in [0.25, 0.3) is 0 Å². The van der Waals surface area contributed by atoms with E-state index in [1.165, 1.54) is 51.4 Å². The van der Waals surface area contributed by atoms with Gasteiger partial charge in [0.1, 0.15) is 0 Å². The lowest BCUT2D eigenvalue weighted by molar-refractivity contribution is -0.121. The molecule has 1 aromatic rings. The van der Waals surface area contributed by atoms with Gasteiger partial charge in [0, 0.05) is 18.8 Å². The van der Waals surface area contributed by atoms with E-state index in [4.69, 9.17) is 0 Å². The van der Waals surface area contributed by atoms with E-state index in [0.717, 1.165) is 18.4 Å². The van der Waals surface area contributed by atoms with Gasteiger partial charge in [0.15, 0.2) is 0 Å². The first-order valence-corrected chi connectivity index (χ1v) is 9.05. The molecule has 0 atom stereocenters. The maximum Gasteiger partial charge on any atom is 0.240 e. The van der Waals surface area contributed by atoms with E-state index in [2.05, 4.69) is 22.4 Å². The summed E-state index contributed by atoms with van der Waals surface area (Å²) in [6, 6.07) is 3.69. The second-order valence-electron chi connectivity index (χ2n) is 6.01. The van der Waals surface area contributed by atoms with Gasteiger partial charge >= 0.3 is 0 Å². The molecule has 128 valence electrons. The highest BCUT2D eigenvalue weighted by molar-refractivity contribution is 5.82. The number of aromatic nitrogens is 1. The predicted molar refractivity (Wildman–Crippen MR) is 96.4 cm³/mol. The molecule has 0 fully saturated rings. The molecule has 1 aromatic heterocycles. The fourth-order valence-corrected chi connectivity index (χ4v) is 2.46. The van der Waals surface area contributed by atoms with E-state index in [-0.39, 0.29) is 5.91 Å². The lowest BCUT2D eigenvalue weighted by Gasteiger charge is -2.02. The zero-order valence-electron chi connectivity index (χ0n) is 14.5. The van der Waals surface area contributed by atoms with Crippen LogP contribution in [0.4, 0.5) is 0 Å². The number of hydrogen-bond acceptors (Lipinski definition) is 3. The average Bonchev–Trinajstić information content (AvgIpc) is 2.57. The second-order valence-corrected chi connectivity index (χ2v) is 6.01. The minimum atomic E-state index is -0.00475. The monoisotopic (exact) mass is 317 g/mol. The Morgan fingerprint density at radius 3 is 2.17 bits per heavy atom. The highest BCUT2D eigenvalue weighted by Gasteiger charge is 1.99. The summed E-state index contributed by atoms with van der Waals surface area (Å²) >= 11 is 0. The summed E-state index contributed by atoms with van der Waals surface area (Å²) in [6.45, 7) is 2.25. The van der Waals surface area contributed by atoms with Crippen LogP contribution in [0.15, 0.2) is 29.6 Å². The Balaban J connectivity index is 1.91. The molecule has 4 heteroatoms. The van der Waals surface area contributed by atoms with E-state index in [1.54, 1.807) is 18.6 Å². The molecule has 0 radical (unpaired) electrons. The van der Waals surface area contributed by atoms with Crippen molar-refractivity contribution in [3.05, 3.63) is 30.1 Å². The molecule has 0 aliphatic rings. The molecular weight excluding hydrogens is 286 g/mol. The van der Waals surface area contributed by atoms with Crippen molar-refractivity contribution in [2.24, 2.45) is 5.10 Å². The van der Waals surface area contributed by atoms with Crippen molar-refractivity contribution in [2.75, 3.05) is 0 Å². The highest BCUT2D eigenvalue weighted by atomic mass is 16.2. The molecule has 0 unspecified atom stereocenters. The zero-order valence-corrected chi connectivity index (χ0v) is 14.5. The van der Waals surface area contributed by atoms with Crippen LogP contribution in [-0.2, 0) is 4.79 Å². The van der Waals surface area contributed by atoms with Gasteiger partial charge < -0.3 is 0 Å². The quantitative estimate of drug-likeness (QED) is 0.321. The summed E-state index contributed by atoms with van der Waals surface area (Å²) in [7, 11) is 0. The molecule has 1 amide bonds. The Hall–Kier alpha value is -1.71. The molecule has 0 spiro atoms. The number of pyridine rings is 1. The molecule has 0 bridgehead atoms. The van der Waals surface area contributed by atoms with Crippen molar-refractivity contribution in [3.63, 3.8) is 0 Å². The third-order valence-corrected chi connectivity index (χ3v) is 3.87. The Kier molecular flexibility index (Phi) is 11.7. The lowest BCUT2D eigenvalue weighted by atomic mass is 10.1. The van der Waals surface area contributed by atoms with Gasteiger partial charge in [-0.25, -0.2) is 5.43 Å². The van der Waals surface area contributed by atoms with Crippen LogP contribution in [0, 0.1) is 0 Å². The van der Waals surface area contributed by atoms with Crippen molar-refractivity contribution in [3.8, 4) is 0 Å². The summed E-state index contributed by atoms with van der Waals surface area (Å²) in [4.78, 5) is 15.6. The molecule has 1 rings (SSSR count). The Bertz CT molecular complexity index is 432. The minimum absolute atomic E-state index is 0.00475. The number of nitrogens with zero attached hydrogens (tertiary/aromatic N) is 2. The van der Waals surface area contributed by atoms with Gasteiger partial charge in [-0.3, -0.25) is 9.78 Å². The van der Waals surface area contributed by atoms with Gasteiger partial charge in [-0.05, 0) is 24.1 Å². The highest BCUT2D eigenvalue weighted by Crippen LogP contribution is 2.11. The van der Waals surface area contributed by atoms with Crippen LogP contribution < -0.4 is 5.43 Å². The number of carbonyl (C=O) groups excluding carboxylic acids is 1. The van der Waals surface area contributed by atoms with Gasteiger partial charge in [0.2, 0.25) is 5.91 Å². The van der Waals surface area contributed by atoms with Crippen LogP contribution in [0.2, 0.25) is 0 Å². The summed E-state index contributed by atoms with van der Waals surface area (Å²) in [5.41, 5.74) is 3.50. The van der Waals surface area contributed by atoms with Crippen LogP contribution in [0.5, 0.6) is 0 Å². The first-order chi connectivity index (χ1) is 11.3. The summed E-state index contributed by atoms with van der Waals surface area (Å²) in [5, 5.41) is 3.95. The van der Waals surface area contributed by atoms with Crippen molar-refractivity contribution in [1.29, 1.82) is 0 Å². The lowest BCUT2D eigenvalue weighted by Crippen LogP contribution is -2.16. The smallest absolute Gasteiger partial charge is 0.240 e. The molecule has 0 aliphatic heterocycles. The first-order valence-electron chi connectivity index (χ1n) is 9.05. The number of hydrogen-bond donors (Lipinski definition) is 1. The number of rotatable bonds is 13. The van der Waals surface area contributed by atoms with Gasteiger partial charge in [-0.15, -0.1) is 0 Å². The molecular formula is C19H31N3O. The Morgan fingerprint density at radius 2 is 1.57 bits per heavy atom. The van der Waals surface area contributed by atoms with Gasteiger partial charge in [0.05, 0.1) is 6.21 Å². The van der Waals surface area contributed by atoms with Crippen LogP contribution in [-0.4, -0.2) is 17.1 Å². The molecule has 0 aliphatic carbocycles. The van der Waals surface area contributed by atoms with Gasteiger partial charge in [0.25, 0.3) is 0 Å². The fourth-order valence-electron chi connectivity index (χ4n) is 2.46. The maximum atomic E-state index is 11.6. The summed E-state index contributed by atoms with van der Waals surface area (Å²) in [5.74, 6) is -0.00475. The average molecular weight is 317 g/mol. The zero-order chi connectivity index (χ0) is 16.6. The molecule has 1 N–H and O–H groups in total. The summed E-state index contributed by atoms with van der Waals surface area (Å²) < 4.78 is 0. The van der Waals surface area contributed by atoms with Gasteiger partial charge in [-0.1, -0.05) is 64.7 Å². The number of nitrogens with one attached hydrogen (secondary N) is 1. The van der Waals surface area contributed by atoms with E-state index < -0.39 is 0 Å². The van der Waals surface area contributed by atoms with E-state index in [1.807, 2.05) is 12.1 Å². The molecule has 0 aromatic carbocycles. The van der Waals surface area contributed by atoms with Gasteiger partial charge in [-0.2, -0.15) is 5.10 Å². The van der Waals surface area contributed by atoms with Crippen LogP contribution in [0.3, 0.4) is 0 Å². The molecule has 0 saturated carbocycles. The van der Waals surface area contributed by atoms with E-state index in [0.29, 0.717) is 6.42 Å². The Labute approximate surface area is 140 Å². The van der Waals surface area contributed by atoms with Crippen molar-refractivity contribution in [1.82, 2.24) is 10.4 Å². The largest absolute Gasteiger partial charge is 0.273 e. The number of carbonyl (C=O) groups is 1. The first kappa shape index (κ1) is 19.3. The normalized spacial score (nSPS) is 11.0. The summed E-state index contributed by atoms with van der Waals surface area (Å²) in [6.07, 6.45) is 18.4. The predicted octanol–water partition coefficient (Wildman–Crippen LogP) is 4.84.